The van der Waals surface area contributed by atoms with Crippen LogP contribution in [0.15, 0.2) is 36.5 Å². The Morgan fingerprint density at radius 1 is 1.25 bits per heavy atom. The number of hydrogen-bond acceptors (Lipinski definition) is 3. The van der Waals surface area contributed by atoms with Gasteiger partial charge in [-0.3, -0.25) is 0 Å². The second-order valence-corrected chi connectivity index (χ2v) is 5.96. The molecule has 1 aliphatic rings. The first kappa shape index (κ1) is 13.3. The molecular weight excluding hydrogens is 248 g/mol. The van der Waals surface area contributed by atoms with Gasteiger partial charge in [-0.2, -0.15) is 0 Å². The second kappa shape index (κ2) is 5.75. The first-order chi connectivity index (χ1) is 9.75. The van der Waals surface area contributed by atoms with E-state index in [1.54, 1.807) is 0 Å². The van der Waals surface area contributed by atoms with Gasteiger partial charge in [0.25, 0.3) is 0 Å². The molecule has 4 nitrogen and oxygen atoms in total. The van der Waals surface area contributed by atoms with E-state index in [2.05, 4.69) is 17.2 Å². The lowest BCUT2D eigenvalue weighted by Gasteiger charge is -2.31. The van der Waals surface area contributed by atoms with Crippen LogP contribution in [-0.4, -0.2) is 15.0 Å². The highest BCUT2D eigenvalue weighted by molar-refractivity contribution is 5.32. The highest BCUT2D eigenvalue weighted by Crippen LogP contribution is 2.35. The van der Waals surface area contributed by atoms with Gasteiger partial charge in [0.05, 0.1) is 23.6 Å². The van der Waals surface area contributed by atoms with E-state index in [4.69, 9.17) is 5.73 Å². The lowest BCUT2D eigenvalue weighted by molar-refractivity contribution is 0.244. The molecule has 1 saturated carbocycles. The maximum absolute atomic E-state index is 6.51. The molecule has 2 N–H and O–H groups in total. The Labute approximate surface area is 120 Å². The summed E-state index contributed by atoms with van der Waals surface area (Å²) in [6, 6.07) is 10.1. The minimum absolute atomic E-state index is 0.0213. The summed E-state index contributed by atoms with van der Waals surface area (Å²) in [5.74, 6) is 1.32. The molecule has 1 heterocycles. The molecule has 0 radical (unpaired) electrons. The van der Waals surface area contributed by atoms with Gasteiger partial charge in [0.2, 0.25) is 0 Å². The lowest BCUT2D eigenvalue weighted by Crippen LogP contribution is -2.28. The quantitative estimate of drug-likeness (QED) is 0.932. The van der Waals surface area contributed by atoms with Crippen molar-refractivity contribution in [3.8, 4) is 5.69 Å². The molecule has 1 aromatic carbocycles. The van der Waals surface area contributed by atoms with Gasteiger partial charge >= 0.3 is 0 Å². The molecule has 2 aromatic rings. The Bertz CT molecular complexity index is 549. The molecule has 0 aliphatic heterocycles. The fourth-order valence-corrected chi connectivity index (χ4v) is 3.29. The van der Waals surface area contributed by atoms with E-state index in [0.29, 0.717) is 5.92 Å². The molecule has 0 spiro atoms. The van der Waals surface area contributed by atoms with Crippen LogP contribution in [0.5, 0.6) is 0 Å². The van der Waals surface area contributed by atoms with Gasteiger partial charge in [0.1, 0.15) is 0 Å². The monoisotopic (exact) mass is 270 g/mol. The van der Waals surface area contributed by atoms with Crippen molar-refractivity contribution in [3.05, 3.63) is 42.2 Å². The van der Waals surface area contributed by atoms with Gasteiger partial charge in [0, 0.05) is 0 Å². The summed E-state index contributed by atoms with van der Waals surface area (Å²) in [5.41, 5.74) is 8.56. The van der Waals surface area contributed by atoms with E-state index < -0.39 is 0 Å². The molecule has 1 fully saturated rings. The minimum Gasteiger partial charge on any atom is -0.322 e. The van der Waals surface area contributed by atoms with Crippen LogP contribution >= 0.6 is 0 Å². The fourth-order valence-electron chi connectivity index (χ4n) is 3.29. The van der Waals surface area contributed by atoms with Crippen molar-refractivity contribution in [2.45, 2.75) is 38.6 Å². The van der Waals surface area contributed by atoms with Crippen LogP contribution in [0.2, 0.25) is 0 Å². The van der Waals surface area contributed by atoms with E-state index in [0.717, 1.165) is 17.3 Å². The van der Waals surface area contributed by atoms with Gasteiger partial charge in [0.15, 0.2) is 0 Å². The van der Waals surface area contributed by atoms with Crippen molar-refractivity contribution >= 4 is 0 Å². The van der Waals surface area contributed by atoms with Crippen LogP contribution in [0.1, 0.15) is 44.3 Å². The zero-order valence-corrected chi connectivity index (χ0v) is 11.9. The average molecular weight is 270 g/mol. The molecule has 106 valence electrons. The smallest absolute Gasteiger partial charge is 0.0815 e. The standard InChI is InChI=1S/C16H22N4/c1-12-6-5-7-13(10-12)16(17)15-11-18-19-20(15)14-8-3-2-4-9-14/h2-4,8-9,11-13,16H,5-7,10,17H2,1H3. The van der Waals surface area contributed by atoms with Crippen LogP contribution in [0.3, 0.4) is 0 Å². The summed E-state index contributed by atoms with van der Waals surface area (Å²) >= 11 is 0. The lowest BCUT2D eigenvalue weighted by atomic mass is 9.78. The van der Waals surface area contributed by atoms with Gasteiger partial charge in [-0.1, -0.05) is 43.2 Å². The van der Waals surface area contributed by atoms with Crippen LogP contribution in [0.4, 0.5) is 0 Å². The predicted octanol–water partition coefficient (Wildman–Crippen LogP) is 3.09. The van der Waals surface area contributed by atoms with Crippen LogP contribution in [-0.2, 0) is 0 Å². The number of nitrogens with zero attached hydrogens (tertiary/aromatic N) is 3. The topological polar surface area (TPSA) is 56.7 Å². The summed E-state index contributed by atoms with van der Waals surface area (Å²) in [4.78, 5) is 0. The summed E-state index contributed by atoms with van der Waals surface area (Å²) < 4.78 is 1.88. The molecule has 4 heteroatoms. The molecule has 1 aliphatic carbocycles. The van der Waals surface area contributed by atoms with Crippen LogP contribution < -0.4 is 5.73 Å². The van der Waals surface area contributed by atoms with Crippen molar-refractivity contribution in [2.24, 2.45) is 17.6 Å². The first-order valence-corrected chi connectivity index (χ1v) is 7.47. The summed E-state index contributed by atoms with van der Waals surface area (Å²) in [6.45, 7) is 2.33. The third kappa shape index (κ3) is 2.61. The number of hydrogen-bond donors (Lipinski definition) is 1. The van der Waals surface area contributed by atoms with Crippen molar-refractivity contribution in [2.75, 3.05) is 0 Å². The van der Waals surface area contributed by atoms with Crippen LogP contribution in [0, 0.1) is 11.8 Å². The van der Waals surface area contributed by atoms with E-state index in [1.807, 2.05) is 41.2 Å². The minimum atomic E-state index is 0.0213. The molecule has 0 amide bonds. The van der Waals surface area contributed by atoms with Crippen molar-refractivity contribution < 1.29 is 0 Å². The van der Waals surface area contributed by atoms with E-state index in [-0.39, 0.29) is 6.04 Å². The van der Waals surface area contributed by atoms with Gasteiger partial charge < -0.3 is 5.73 Å². The number of rotatable bonds is 3. The Kier molecular flexibility index (Phi) is 3.83. The highest BCUT2D eigenvalue weighted by atomic mass is 15.4. The van der Waals surface area contributed by atoms with Crippen molar-refractivity contribution in [3.63, 3.8) is 0 Å². The third-order valence-corrected chi connectivity index (χ3v) is 4.40. The van der Waals surface area contributed by atoms with E-state index in [9.17, 15) is 0 Å². The largest absolute Gasteiger partial charge is 0.322 e. The molecule has 3 unspecified atom stereocenters. The zero-order chi connectivity index (χ0) is 13.9. The average Bonchev–Trinajstić information content (AvgIpc) is 2.97. The predicted molar refractivity (Wildman–Crippen MR) is 79.4 cm³/mol. The van der Waals surface area contributed by atoms with Gasteiger partial charge in [-0.25, -0.2) is 4.68 Å². The van der Waals surface area contributed by atoms with Crippen molar-refractivity contribution in [1.82, 2.24) is 15.0 Å². The van der Waals surface area contributed by atoms with Crippen molar-refractivity contribution in [1.29, 1.82) is 0 Å². The normalized spacial score (nSPS) is 24.5. The molecule has 0 saturated heterocycles. The number of benzene rings is 1. The highest BCUT2D eigenvalue weighted by Gasteiger charge is 2.27. The maximum Gasteiger partial charge on any atom is 0.0815 e. The Hall–Kier alpha value is -1.68. The third-order valence-electron chi connectivity index (χ3n) is 4.40. The fraction of sp³-hybridized carbons (Fsp3) is 0.500. The Morgan fingerprint density at radius 2 is 2.05 bits per heavy atom. The maximum atomic E-state index is 6.51. The molecule has 20 heavy (non-hydrogen) atoms. The zero-order valence-electron chi connectivity index (χ0n) is 11.9. The second-order valence-electron chi connectivity index (χ2n) is 5.96. The van der Waals surface area contributed by atoms with E-state index in [1.165, 1.54) is 25.7 Å². The van der Waals surface area contributed by atoms with Gasteiger partial charge in [-0.05, 0) is 36.8 Å². The molecular formula is C16H22N4. The molecule has 3 atom stereocenters. The Balaban J connectivity index is 1.86. The molecule has 3 rings (SSSR count). The molecule has 0 bridgehead atoms. The van der Waals surface area contributed by atoms with E-state index >= 15 is 0 Å². The van der Waals surface area contributed by atoms with Gasteiger partial charge in [-0.15, -0.1) is 5.10 Å². The number of aromatic nitrogens is 3. The summed E-state index contributed by atoms with van der Waals surface area (Å²) in [7, 11) is 0. The van der Waals surface area contributed by atoms with Crippen LogP contribution in [0.25, 0.3) is 5.69 Å². The Morgan fingerprint density at radius 3 is 2.80 bits per heavy atom. The first-order valence-electron chi connectivity index (χ1n) is 7.47. The summed E-state index contributed by atoms with van der Waals surface area (Å²) in [6.07, 6.45) is 6.86. The number of para-hydroxylation sites is 1. The number of nitrogens with two attached hydrogens (primary N) is 1. The SMILES string of the molecule is CC1CCCC(C(N)c2cnnn2-c2ccccc2)C1. The summed E-state index contributed by atoms with van der Waals surface area (Å²) in [5, 5.41) is 8.27. The molecule has 1 aromatic heterocycles.